The Morgan fingerprint density at radius 3 is 3.00 bits per heavy atom. The molecular weight excluding hydrogens is 260 g/mol. The smallest absolute Gasteiger partial charge is 0.240 e. The van der Waals surface area contributed by atoms with Crippen molar-refractivity contribution in [2.45, 2.75) is 51.6 Å². The van der Waals surface area contributed by atoms with E-state index in [2.05, 4.69) is 39.7 Å². The van der Waals surface area contributed by atoms with Crippen LogP contribution in [0.3, 0.4) is 0 Å². The van der Waals surface area contributed by atoms with Gasteiger partial charge in [0.2, 0.25) is 5.89 Å². The van der Waals surface area contributed by atoms with Gasteiger partial charge in [-0.3, -0.25) is 0 Å². The van der Waals surface area contributed by atoms with E-state index in [0.29, 0.717) is 18.4 Å². The van der Waals surface area contributed by atoms with E-state index in [0.717, 1.165) is 17.9 Å². The molecule has 2 aromatic heterocycles. The lowest BCUT2D eigenvalue weighted by Gasteiger charge is -2.08. The molecule has 102 valence electrons. The number of nitrogens with one attached hydrogen (secondary N) is 1. The number of aromatic nitrogens is 3. The van der Waals surface area contributed by atoms with Crippen molar-refractivity contribution in [2.75, 3.05) is 0 Å². The highest BCUT2D eigenvalue weighted by molar-refractivity contribution is 7.09. The predicted octanol–water partition coefficient (Wildman–Crippen LogP) is 2.82. The second kappa shape index (κ2) is 5.38. The molecule has 1 atom stereocenters. The molecule has 1 aliphatic carbocycles. The maximum Gasteiger partial charge on any atom is 0.240 e. The molecule has 1 N–H and O–H groups in total. The van der Waals surface area contributed by atoms with Gasteiger partial charge >= 0.3 is 0 Å². The van der Waals surface area contributed by atoms with Gasteiger partial charge in [-0.15, -0.1) is 11.3 Å². The molecule has 0 aliphatic heterocycles. The SMILES string of the molecule is CCc1nc(C(C)NCc2nc(C3CC3)no2)cs1. The number of rotatable bonds is 6. The van der Waals surface area contributed by atoms with Crippen LogP contribution in [0.15, 0.2) is 9.90 Å². The molecular formula is C13H18N4OS. The van der Waals surface area contributed by atoms with Crippen molar-refractivity contribution in [2.24, 2.45) is 0 Å². The van der Waals surface area contributed by atoms with E-state index in [1.54, 1.807) is 11.3 Å². The van der Waals surface area contributed by atoms with Crippen LogP contribution < -0.4 is 5.32 Å². The fraction of sp³-hybridized carbons (Fsp3) is 0.615. The van der Waals surface area contributed by atoms with E-state index in [-0.39, 0.29) is 6.04 Å². The summed E-state index contributed by atoms with van der Waals surface area (Å²) in [5.74, 6) is 2.08. The molecule has 19 heavy (non-hydrogen) atoms. The summed E-state index contributed by atoms with van der Waals surface area (Å²) < 4.78 is 5.24. The lowest BCUT2D eigenvalue weighted by Crippen LogP contribution is -2.18. The maximum absolute atomic E-state index is 5.24. The van der Waals surface area contributed by atoms with Crippen LogP contribution in [0.1, 0.15) is 61.1 Å². The predicted molar refractivity (Wildman–Crippen MR) is 73.0 cm³/mol. The van der Waals surface area contributed by atoms with E-state index in [4.69, 9.17) is 4.52 Å². The first-order chi connectivity index (χ1) is 9.26. The first-order valence-electron chi connectivity index (χ1n) is 6.76. The van der Waals surface area contributed by atoms with Gasteiger partial charge in [-0.1, -0.05) is 12.1 Å². The number of nitrogens with zero attached hydrogens (tertiary/aromatic N) is 3. The quantitative estimate of drug-likeness (QED) is 0.880. The molecule has 0 spiro atoms. The molecule has 2 aromatic rings. The highest BCUT2D eigenvalue weighted by Crippen LogP contribution is 2.38. The van der Waals surface area contributed by atoms with Crippen LogP contribution in [0.4, 0.5) is 0 Å². The summed E-state index contributed by atoms with van der Waals surface area (Å²) in [5.41, 5.74) is 1.09. The number of thiazole rings is 1. The Hall–Kier alpha value is -1.27. The first-order valence-corrected chi connectivity index (χ1v) is 7.64. The van der Waals surface area contributed by atoms with Crippen LogP contribution in [-0.2, 0) is 13.0 Å². The Morgan fingerprint density at radius 2 is 2.32 bits per heavy atom. The Morgan fingerprint density at radius 1 is 1.47 bits per heavy atom. The van der Waals surface area contributed by atoms with Gasteiger partial charge in [0.25, 0.3) is 0 Å². The normalized spacial score (nSPS) is 16.7. The molecule has 0 radical (unpaired) electrons. The third-order valence-corrected chi connectivity index (χ3v) is 4.31. The summed E-state index contributed by atoms with van der Waals surface area (Å²) in [6.45, 7) is 4.82. The zero-order chi connectivity index (χ0) is 13.2. The molecule has 3 rings (SSSR count). The molecule has 0 saturated heterocycles. The van der Waals surface area contributed by atoms with Gasteiger partial charge in [-0.2, -0.15) is 4.98 Å². The van der Waals surface area contributed by atoms with Crippen molar-refractivity contribution in [3.63, 3.8) is 0 Å². The summed E-state index contributed by atoms with van der Waals surface area (Å²) in [4.78, 5) is 8.97. The number of aryl methyl sites for hydroxylation is 1. The average Bonchev–Trinajstić information content (AvgIpc) is 2.99. The minimum Gasteiger partial charge on any atom is -0.338 e. The molecule has 6 heteroatoms. The second-order valence-electron chi connectivity index (χ2n) is 4.94. The summed E-state index contributed by atoms with van der Waals surface area (Å²) in [6.07, 6.45) is 3.38. The van der Waals surface area contributed by atoms with Crippen LogP contribution >= 0.6 is 11.3 Å². The average molecular weight is 278 g/mol. The summed E-state index contributed by atoms with van der Waals surface area (Å²) in [6, 6.07) is 0.202. The molecule has 0 aromatic carbocycles. The molecule has 1 fully saturated rings. The van der Waals surface area contributed by atoms with E-state index in [1.807, 2.05) is 0 Å². The third kappa shape index (κ3) is 3.01. The molecule has 1 aliphatic rings. The van der Waals surface area contributed by atoms with Crippen LogP contribution in [0, 0.1) is 0 Å². The fourth-order valence-corrected chi connectivity index (χ4v) is 2.72. The molecule has 1 saturated carbocycles. The van der Waals surface area contributed by atoms with Gasteiger partial charge in [-0.05, 0) is 26.2 Å². The lowest BCUT2D eigenvalue weighted by molar-refractivity contribution is 0.355. The molecule has 2 heterocycles. The second-order valence-corrected chi connectivity index (χ2v) is 5.89. The van der Waals surface area contributed by atoms with Gasteiger partial charge in [-0.25, -0.2) is 4.98 Å². The van der Waals surface area contributed by atoms with Crippen molar-refractivity contribution >= 4 is 11.3 Å². The van der Waals surface area contributed by atoms with Crippen LogP contribution in [0.25, 0.3) is 0 Å². The van der Waals surface area contributed by atoms with Gasteiger partial charge in [0.15, 0.2) is 5.82 Å². The Kier molecular flexibility index (Phi) is 3.61. The number of hydrogen-bond donors (Lipinski definition) is 1. The van der Waals surface area contributed by atoms with E-state index >= 15 is 0 Å². The maximum atomic E-state index is 5.24. The van der Waals surface area contributed by atoms with Crippen LogP contribution in [-0.4, -0.2) is 15.1 Å². The minimum absolute atomic E-state index is 0.202. The van der Waals surface area contributed by atoms with Crippen molar-refractivity contribution in [1.82, 2.24) is 20.4 Å². The number of hydrogen-bond acceptors (Lipinski definition) is 6. The van der Waals surface area contributed by atoms with Gasteiger partial charge in [0, 0.05) is 17.3 Å². The largest absolute Gasteiger partial charge is 0.338 e. The van der Waals surface area contributed by atoms with Gasteiger partial charge < -0.3 is 9.84 Å². The third-order valence-electron chi connectivity index (χ3n) is 3.30. The summed E-state index contributed by atoms with van der Waals surface area (Å²) in [5, 5.41) is 10.7. The summed E-state index contributed by atoms with van der Waals surface area (Å²) >= 11 is 1.71. The fourth-order valence-electron chi connectivity index (χ4n) is 1.88. The van der Waals surface area contributed by atoms with Gasteiger partial charge in [0.1, 0.15) is 0 Å². The highest BCUT2D eigenvalue weighted by Gasteiger charge is 2.28. The van der Waals surface area contributed by atoms with Crippen LogP contribution in [0.5, 0.6) is 0 Å². The van der Waals surface area contributed by atoms with E-state index in [9.17, 15) is 0 Å². The van der Waals surface area contributed by atoms with Crippen molar-refractivity contribution in [3.05, 3.63) is 27.8 Å². The first kappa shape index (κ1) is 12.7. The van der Waals surface area contributed by atoms with E-state index in [1.165, 1.54) is 17.8 Å². The molecule has 0 amide bonds. The Labute approximate surface area is 116 Å². The Bertz CT molecular complexity index is 546. The van der Waals surface area contributed by atoms with Crippen molar-refractivity contribution in [1.29, 1.82) is 0 Å². The summed E-state index contributed by atoms with van der Waals surface area (Å²) in [7, 11) is 0. The molecule has 1 unspecified atom stereocenters. The zero-order valence-electron chi connectivity index (χ0n) is 11.2. The highest BCUT2D eigenvalue weighted by atomic mass is 32.1. The standard InChI is InChI=1S/C13H18N4OS/c1-3-12-15-10(7-19-12)8(2)14-6-11-16-13(17-18-11)9-4-5-9/h7-9,14H,3-6H2,1-2H3. The molecule has 0 bridgehead atoms. The monoisotopic (exact) mass is 278 g/mol. The lowest BCUT2D eigenvalue weighted by atomic mass is 10.2. The zero-order valence-corrected chi connectivity index (χ0v) is 12.0. The Balaban J connectivity index is 1.55. The molecule has 5 nitrogen and oxygen atoms in total. The van der Waals surface area contributed by atoms with Gasteiger partial charge in [0.05, 0.1) is 17.2 Å². The van der Waals surface area contributed by atoms with E-state index < -0.39 is 0 Å². The van der Waals surface area contributed by atoms with Crippen molar-refractivity contribution in [3.8, 4) is 0 Å². The van der Waals surface area contributed by atoms with Crippen molar-refractivity contribution < 1.29 is 4.52 Å². The van der Waals surface area contributed by atoms with Crippen LogP contribution in [0.2, 0.25) is 0 Å². The minimum atomic E-state index is 0.202. The topological polar surface area (TPSA) is 63.8 Å².